The predicted octanol–water partition coefficient (Wildman–Crippen LogP) is 1.83. The van der Waals surface area contributed by atoms with Crippen LogP contribution >= 0.6 is 0 Å². The minimum absolute atomic E-state index is 0.220. The largest absolute Gasteiger partial charge is 0.495 e. The maximum atomic E-state index is 11.7. The molecule has 0 amide bonds. The molecule has 0 aliphatic carbocycles. The summed E-state index contributed by atoms with van der Waals surface area (Å²) in [4.78, 5) is 20.6. The highest BCUT2D eigenvalue weighted by Gasteiger charge is 2.25. The first kappa shape index (κ1) is 22.2. The number of esters is 1. The molecule has 0 unspecified atom stereocenters. The molecule has 2 aromatic rings. The number of ether oxygens (including phenoxy) is 2. The molecule has 0 spiro atoms. The van der Waals surface area contributed by atoms with Crippen LogP contribution in [0.25, 0.3) is 0 Å². The van der Waals surface area contributed by atoms with Crippen LogP contribution in [0.2, 0.25) is 0 Å². The number of nitriles is 1. The lowest BCUT2D eigenvalue weighted by Crippen LogP contribution is -2.48. The summed E-state index contributed by atoms with van der Waals surface area (Å²) >= 11 is 0. The number of fused-ring (bicyclic) bond motifs is 1. The van der Waals surface area contributed by atoms with Gasteiger partial charge in [0.25, 0.3) is 0 Å². The van der Waals surface area contributed by atoms with Crippen molar-refractivity contribution in [2.45, 2.75) is 26.1 Å². The number of aliphatic hydroxyl groups excluding tert-OH is 1. The van der Waals surface area contributed by atoms with Gasteiger partial charge in [0.15, 0.2) is 0 Å². The highest BCUT2D eigenvalue weighted by molar-refractivity contribution is 5.93. The second-order valence-electron chi connectivity index (χ2n) is 8.28. The van der Waals surface area contributed by atoms with Gasteiger partial charge in [-0.2, -0.15) is 5.26 Å². The number of piperazine rings is 1. The second kappa shape index (κ2) is 9.65. The number of methoxy groups -OCH3 is 1. The molecule has 8 nitrogen and oxygen atoms in total. The monoisotopic (exact) mass is 436 g/mol. The number of aliphatic hydroxyl groups is 1. The number of nitrogens with zero attached hydrogens (tertiary/aromatic N) is 4. The summed E-state index contributed by atoms with van der Waals surface area (Å²) in [7, 11) is 1.50. The molecular formula is C24H28N4O4. The van der Waals surface area contributed by atoms with E-state index in [0.29, 0.717) is 35.7 Å². The van der Waals surface area contributed by atoms with E-state index in [0.717, 1.165) is 44.7 Å². The Labute approximate surface area is 188 Å². The SMILES string of the molecule is COc1cc([C@H](O)CN2CCN(CCc3ccc4c(c3C)COC4=O)CC2)ncc1C#N. The summed E-state index contributed by atoms with van der Waals surface area (Å²) in [6.07, 6.45) is 1.64. The summed E-state index contributed by atoms with van der Waals surface area (Å²) in [6.45, 7) is 7.51. The van der Waals surface area contributed by atoms with Crippen molar-refractivity contribution in [3.63, 3.8) is 0 Å². The van der Waals surface area contributed by atoms with E-state index in [1.807, 2.05) is 18.2 Å². The highest BCUT2D eigenvalue weighted by Crippen LogP contribution is 2.26. The Morgan fingerprint density at radius 3 is 2.75 bits per heavy atom. The Kier molecular flexibility index (Phi) is 6.70. The minimum atomic E-state index is -0.734. The molecular weight excluding hydrogens is 408 g/mol. The number of carbonyl (C=O) groups is 1. The van der Waals surface area contributed by atoms with Crippen molar-refractivity contribution in [1.29, 1.82) is 5.26 Å². The lowest BCUT2D eigenvalue weighted by atomic mass is 9.96. The number of hydrogen-bond donors (Lipinski definition) is 1. The van der Waals surface area contributed by atoms with Gasteiger partial charge in [0.1, 0.15) is 30.1 Å². The van der Waals surface area contributed by atoms with Gasteiger partial charge in [-0.25, -0.2) is 4.79 Å². The normalized spacial score (nSPS) is 17.5. The van der Waals surface area contributed by atoms with Crippen molar-refractivity contribution in [2.24, 2.45) is 0 Å². The lowest BCUT2D eigenvalue weighted by Gasteiger charge is -2.35. The van der Waals surface area contributed by atoms with Crippen molar-refractivity contribution < 1.29 is 19.4 Å². The van der Waals surface area contributed by atoms with Crippen LogP contribution in [-0.4, -0.2) is 72.2 Å². The molecule has 2 aliphatic rings. The van der Waals surface area contributed by atoms with Gasteiger partial charge in [0.05, 0.1) is 18.4 Å². The number of aromatic nitrogens is 1. The number of benzene rings is 1. The number of pyridine rings is 1. The molecule has 1 aromatic carbocycles. The van der Waals surface area contributed by atoms with E-state index < -0.39 is 6.10 Å². The number of carbonyl (C=O) groups excluding carboxylic acids is 1. The molecule has 0 radical (unpaired) electrons. The molecule has 0 saturated carbocycles. The van der Waals surface area contributed by atoms with Crippen LogP contribution in [0.1, 0.15) is 44.4 Å². The van der Waals surface area contributed by atoms with Crippen LogP contribution in [-0.2, 0) is 17.8 Å². The molecule has 168 valence electrons. The fraction of sp³-hybridized carbons (Fsp3) is 0.458. The average Bonchev–Trinajstić information content (AvgIpc) is 3.20. The Hall–Kier alpha value is -2.99. The van der Waals surface area contributed by atoms with Crippen molar-refractivity contribution in [3.05, 3.63) is 57.9 Å². The zero-order chi connectivity index (χ0) is 22.7. The second-order valence-corrected chi connectivity index (χ2v) is 8.28. The molecule has 3 heterocycles. The molecule has 8 heteroatoms. The van der Waals surface area contributed by atoms with Gasteiger partial charge < -0.3 is 19.5 Å². The Morgan fingerprint density at radius 2 is 2.03 bits per heavy atom. The van der Waals surface area contributed by atoms with Gasteiger partial charge in [-0.1, -0.05) is 6.07 Å². The van der Waals surface area contributed by atoms with Crippen molar-refractivity contribution in [2.75, 3.05) is 46.4 Å². The number of β-amino-alcohol motifs (C(OH)–C–C–N with tert-alkyl or cyclic N) is 1. The predicted molar refractivity (Wildman–Crippen MR) is 117 cm³/mol. The first-order valence-corrected chi connectivity index (χ1v) is 10.9. The fourth-order valence-corrected chi connectivity index (χ4v) is 4.37. The van der Waals surface area contributed by atoms with Gasteiger partial charge in [-0.05, 0) is 30.5 Å². The van der Waals surface area contributed by atoms with E-state index in [-0.39, 0.29) is 5.97 Å². The maximum Gasteiger partial charge on any atom is 0.338 e. The standard InChI is InChI=1S/C24H28N4O4/c1-16-17(3-4-19-20(16)15-32-24(19)30)5-6-27-7-9-28(10-8-27)14-22(29)21-11-23(31-2)18(12-25)13-26-21/h3-4,11,13,22,29H,5-10,14-15H2,1-2H3/t22-/m1/s1. The summed E-state index contributed by atoms with van der Waals surface area (Å²) in [6, 6.07) is 7.61. The highest BCUT2D eigenvalue weighted by atomic mass is 16.5. The number of hydrogen-bond acceptors (Lipinski definition) is 8. The third-order valence-electron chi connectivity index (χ3n) is 6.44. The number of cyclic esters (lactones) is 1. The fourth-order valence-electron chi connectivity index (χ4n) is 4.37. The first-order chi connectivity index (χ1) is 15.5. The number of rotatable bonds is 7. The molecule has 2 aliphatic heterocycles. The van der Waals surface area contributed by atoms with Crippen LogP contribution < -0.4 is 4.74 Å². The van der Waals surface area contributed by atoms with E-state index in [9.17, 15) is 9.90 Å². The molecule has 0 bridgehead atoms. The van der Waals surface area contributed by atoms with E-state index in [4.69, 9.17) is 14.7 Å². The van der Waals surface area contributed by atoms with Crippen LogP contribution in [0.5, 0.6) is 5.75 Å². The summed E-state index contributed by atoms with van der Waals surface area (Å²) in [5.41, 5.74) is 5.03. The molecule has 1 saturated heterocycles. The van der Waals surface area contributed by atoms with Gasteiger partial charge in [-0.15, -0.1) is 0 Å². The molecule has 4 rings (SSSR count). The smallest absolute Gasteiger partial charge is 0.338 e. The average molecular weight is 437 g/mol. The van der Waals surface area contributed by atoms with Crippen LogP contribution in [0.3, 0.4) is 0 Å². The zero-order valence-corrected chi connectivity index (χ0v) is 18.5. The third kappa shape index (κ3) is 4.60. The van der Waals surface area contributed by atoms with Gasteiger partial charge in [0.2, 0.25) is 0 Å². The Balaban J connectivity index is 1.27. The van der Waals surface area contributed by atoms with Gasteiger partial charge in [-0.3, -0.25) is 9.88 Å². The molecule has 1 aromatic heterocycles. The molecule has 1 fully saturated rings. The van der Waals surface area contributed by atoms with E-state index in [2.05, 4.69) is 21.7 Å². The van der Waals surface area contributed by atoms with Crippen LogP contribution in [0, 0.1) is 18.3 Å². The van der Waals surface area contributed by atoms with Crippen LogP contribution in [0.4, 0.5) is 0 Å². The topological polar surface area (TPSA) is 98.9 Å². The van der Waals surface area contributed by atoms with Crippen molar-refractivity contribution in [1.82, 2.24) is 14.8 Å². The molecule has 1 N–H and O–H groups in total. The van der Waals surface area contributed by atoms with E-state index in [1.54, 1.807) is 6.07 Å². The summed E-state index contributed by atoms with van der Waals surface area (Å²) in [5, 5.41) is 19.7. The Bertz CT molecular complexity index is 1040. The van der Waals surface area contributed by atoms with Crippen molar-refractivity contribution in [3.8, 4) is 11.8 Å². The molecule has 32 heavy (non-hydrogen) atoms. The minimum Gasteiger partial charge on any atom is -0.495 e. The molecule has 1 atom stereocenters. The third-order valence-corrected chi connectivity index (χ3v) is 6.44. The maximum absolute atomic E-state index is 11.7. The quantitative estimate of drug-likeness (QED) is 0.657. The summed E-state index contributed by atoms with van der Waals surface area (Å²) in [5.74, 6) is 0.210. The summed E-state index contributed by atoms with van der Waals surface area (Å²) < 4.78 is 10.4. The first-order valence-electron chi connectivity index (χ1n) is 10.9. The van der Waals surface area contributed by atoms with Gasteiger partial charge >= 0.3 is 5.97 Å². The van der Waals surface area contributed by atoms with E-state index >= 15 is 0 Å². The lowest BCUT2D eigenvalue weighted by molar-refractivity contribution is 0.0534. The van der Waals surface area contributed by atoms with E-state index in [1.165, 1.54) is 24.4 Å². The van der Waals surface area contributed by atoms with Crippen LogP contribution in [0.15, 0.2) is 24.4 Å². The Morgan fingerprint density at radius 1 is 1.28 bits per heavy atom. The van der Waals surface area contributed by atoms with Crippen molar-refractivity contribution >= 4 is 5.97 Å². The van der Waals surface area contributed by atoms with Gasteiger partial charge in [0, 0.05) is 57.1 Å². The zero-order valence-electron chi connectivity index (χ0n) is 18.5.